The summed E-state index contributed by atoms with van der Waals surface area (Å²) in [6.45, 7) is 6.02. The molecule has 0 saturated carbocycles. The summed E-state index contributed by atoms with van der Waals surface area (Å²) in [5, 5.41) is 1.93. The van der Waals surface area contributed by atoms with Crippen LogP contribution in [0.25, 0.3) is 22.0 Å². The number of ether oxygens (including phenoxy) is 1. The van der Waals surface area contributed by atoms with E-state index in [1.807, 2.05) is 58.3 Å². The fourth-order valence-electron chi connectivity index (χ4n) is 6.28. The van der Waals surface area contributed by atoms with Gasteiger partial charge in [0.25, 0.3) is 5.91 Å². The predicted octanol–water partition coefficient (Wildman–Crippen LogP) is 4.08. The highest BCUT2D eigenvalue weighted by atomic mass is 16.5. The quantitative estimate of drug-likeness (QED) is 0.527. The third-order valence-electron chi connectivity index (χ3n) is 8.41. The van der Waals surface area contributed by atoms with Crippen LogP contribution in [0.4, 0.5) is 0 Å². The Bertz CT molecular complexity index is 1280. The number of benzene rings is 2. The summed E-state index contributed by atoms with van der Waals surface area (Å²) in [6, 6.07) is 20.6. The third-order valence-corrected chi connectivity index (χ3v) is 8.41. The first-order chi connectivity index (χ1) is 18.7. The van der Waals surface area contributed by atoms with Crippen LogP contribution in [0.2, 0.25) is 0 Å². The molecule has 1 atom stereocenters. The van der Waals surface area contributed by atoms with E-state index in [4.69, 9.17) is 9.72 Å². The van der Waals surface area contributed by atoms with Crippen molar-refractivity contribution in [3.05, 3.63) is 66.4 Å². The Labute approximate surface area is 224 Å². The number of hydrogen-bond donors (Lipinski definition) is 0. The fourth-order valence-corrected chi connectivity index (χ4v) is 6.28. The van der Waals surface area contributed by atoms with Gasteiger partial charge in [0.1, 0.15) is 5.69 Å². The highest BCUT2D eigenvalue weighted by Crippen LogP contribution is 2.29. The van der Waals surface area contributed by atoms with Gasteiger partial charge < -0.3 is 14.5 Å². The first-order valence-electron chi connectivity index (χ1n) is 14.0. The van der Waals surface area contributed by atoms with Gasteiger partial charge in [-0.15, -0.1) is 0 Å². The molecular formula is C31H36N4O3. The standard InChI is InChI=1S/C31H36N4O3/c36-30(34-17-19-38-20-18-34)25-10-6-14-35(22-25)26-12-15-33(16-13-26)31(37)29-27-11-5-4-9-24(27)21-28(32-29)23-7-2-1-3-8-23/h1-5,7-9,11,21,25-26H,6,10,12-20,22H2/t25-/m1/s1. The van der Waals surface area contributed by atoms with Crippen LogP contribution in [0.3, 0.4) is 0 Å². The van der Waals surface area contributed by atoms with E-state index in [-0.39, 0.29) is 11.8 Å². The zero-order valence-electron chi connectivity index (χ0n) is 21.9. The van der Waals surface area contributed by atoms with Crippen LogP contribution in [-0.4, -0.2) is 90.0 Å². The second-order valence-electron chi connectivity index (χ2n) is 10.7. The molecule has 0 aliphatic carbocycles. The van der Waals surface area contributed by atoms with Gasteiger partial charge in [-0.25, -0.2) is 4.98 Å². The van der Waals surface area contributed by atoms with E-state index in [9.17, 15) is 9.59 Å². The van der Waals surface area contributed by atoms with E-state index in [0.29, 0.717) is 57.0 Å². The van der Waals surface area contributed by atoms with Crippen molar-refractivity contribution >= 4 is 22.6 Å². The van der Waals surface area contributed by atoms with Gasteiger partial charge >= 0.3 is 0 Å². The van der Waals surface area contributed by atoms with Gasteiger partial charge in [-0.1, -0.05) is 54.6 Å². The van der Waals surface area contributed by atoms with E-state index in [2.05, 4.69) is 17.0 Å². The summed E-state index contributed by atoms with van der Waals surface area (Å²) >= 11 is 0. The summed E-state index contributed by atoms with van der Waals surface area (Å²) in [5.41, 5.74) is 2.37. The molecule has 1 aromatic heterocycles. The monoisotopic (exact) mass is 512 g/mol. The van der Waals surface area contributed by atoms with Gasteiger partial charge in [0.15, 0.2) is 0 Å². The summed E-state index contributed by atoms with van der Waals surface area (Å²) in [5.74, 6) is 0.385. The second-order valence-corrected chi connectivity index (χ2v) is 10.7. The highest BCUT2D eigenvalue weighted by molar-refractivity contribution is 6.06. The number of amides is 2. The summed E-state index contributed by atoms with van der Waals surface area (Å²) in [6.07, 6.45) is 3.89. The van der Waals surface area contributed by atoms with Gasteiger partial charge in [0, 0.05) is 49.7 Å². The lowest BCUT2D eigenvalue weighted by molar-refractivity contribution is -0.141. The Hall–Kier alpha value is -3.29. The first kappa shape index (κ1) is 25.0. The number of carbonyl (C=O) groups excluding carboxylic acids is 2. The highest BCUT2D eigenvalue weighted by Gasteiger charge is 2.35. The molecule has 3 aliphatic heterocycles. The molecule has 3 fully saturated rings. The smallest absolute Gasteiger partial charge is 0.273 e. The van der Waals surface area contributed by atoms with Crippen LogP contribution in [0.15, 0.2) is 60.7 Å². The summed E-state index contributed by atoms with van der Waals surface area (Å²) < 4.78 is 5.43. The number of hydrogen-bond acceptors (Lipinski definition) is 5. The Morgan fingerprint density at radius 2 is 1.55 bits per heavy atom. The molecule has 2 amide bonds. The number of likely N-dealkylation sites (tertiary alicyclic amines) is 2. The fraction of sp³-hybridized carbons (Fsp3) is 0.452. The van der Waals surface area contributed by atoms with E-state index in [1.54, 1.807) is 0 Å². The average Bonchev–Trinajstić information content (AvgIpc) is 3.01. The molecule has 0 N–H and O–H groups in total. The maximum Gasteiger partial charge on any atom is 0.273 e. The Morgan fingerprint density at radius 3 is 2.34 bits per heavy atom. The normalized spacial score (nSPS) is 21.5. The molecule has 6 rings (SSSR count). The van der Waals surface area contributed by atoms with Crippen molar-refractivity contribution in [1.82, 2.24) is 19.7 Å². The lowest BCUT2D eigenvalue weighted by Crippen LogP contribution is -2.53. The number of morpholine rings is 1. The average molecular weight is 513 g/mol. The minimum absolute atomic E-state index is 0.0106. The molecule has 3 aromatic rings. The van der Waals surface area contributed by atoms with Crippen molar-refractivity contribution in [2.75, 3.05) is 52.5 Å². The molecule has 7 nitrogen and oxygen atoms in total. The predicted molar refractivity (Wildman–Crippen MR) is 148 cm³/mol. The second kappa shape index (κ2) is 11.2. The number of pyridine rings is 1. The molecule has 0 radical (unpaired) electrons. The summed E-state index contributed by atoms with van der Waals surface area (Å²) in [4.78, 5) is 38.2. The van der Waals surface area contributed by atoms with Crippen LogP contribution in [0, 0.1) is 5.92 Å². The first-order valence-corrected chi connectivity index (χ1v) is 14.0. The molecule has 2 aromatic carbocycles. The molecule has 38 heavy (non-hydrogen) atoms. The van der Waals surface area contributed by atoms with E-state index >= 15 is 0 Å². The van der Waals surface area contributed by atoms with Crippen LogP contribution in [-0.2, 0) is 9.53 Å². The molecule has 3 aliphatic rings. The van der Waals surface area contributed by atoms with Gasteiger partial charge in [0.2, 0.25) is 5.91 Å². The Balaban J connectivity index is 1.13. The van der Waals surface area contributed by atoms with E-state index in [1.165, 1.54) is 0 Å². The molecule has 3 saturated heterocycles. The summed E-state index contributed by atoms with van der Waals surface area (Å²) in [7, 11) is 0. The van der Waals surface area contributed by atoms with Crippen molar-refractivity contribution in [2.24, 2.45) is 5.92 Å². The van der Waals surface area contributed by atoms with Crippen LogP contribution < -0.4 is 0 Å². The van der Waals surface area contributed by atoms with Crippen molar-refractivity contribution < 1.29 is 14.3 Å². The molecule has 0 unspecified atom stereocenters. The van der Waals surface area contributed by atoms with E-state index in [0.717, 1.165) is 60.8 Å². The van der Waals surface area contributed by atoms with Gasteiger partial charge in [-0.05, 0) is 43.7 Å². The molecule has 0 bridgehead atoms. The van der Waals surface area contributed by atoms with Gasteiger partial charge in [-0.2, -0.15) is 0 Å². The van der Waals surface area contributed by atoms with Crippen LogP contribution in [0.5, 0.6) is 0 Å². The maximum absolute atomic E-state index is 13.8. The lowest BCUT2D eigenvalue weighted by Gasteiger charge is -2.43. The minimum Gasteiger partial charge on any atom is -0.378 e. The zero-order chi connectivity index (χ0) is 25.9. The Morgan fingerprint density at radius 1 is 0.816 bits per heavy atom. The Kier molecular flexibility index (Phi) is 7.38. The topological polar surface area (TPSA) is 66.0 Å². The SMILES string of the molecule is O=C(c1nc(-c2ccccc2)cc2ccccc12)N1CCC(N2CCC[C@@H](C(=O)N3CCOCC3)C2)CC1. The maximum atomic E-state index is 13.8. The number of aromatic nitrogens is 1. The van der Waals surface area contributed by atoms with Crippen molar-refractivity contribution in [2.45, 2.75) is 31.7 Å². The number of fused-ring (bicyclic) bond motifs is 1. The molecular weight excluding hydrogens is 476 g/mol. The molecule has 4 heterocycles. The van der Waals surface area contributed by atoms with Crippen molar-refractivity contribution in [3.8, 4) is 11.3 Å². The van der Waals surface area contributed by atoms with Crippen molar-refractivity contribution in [1.29, 1.82) is 0 Å². The van der Waals surface area contributed by atoms with Gasteiger partial charge in [-0.3, -0.25) is 14.5 Å². The molecule has 0 spiro atoms. The minimum atomic E-state index is 0.0106. The zero-order valence-corrected chi connectivity index (χ0v) is 21.9. The van der Waals surface area contributed by atoms with Gasteiger partial charge in [0.05, 0.1) is 24.8 Å². The number of rotatable bonds is 4. The van der Waals surface area contributed by atoms with Crippen LogP contribution in [0.1, 0.15) is 36.2 Å². The number of nitrogens with zero attached hydrogens (tertiary/aromatic N) is 4. The number of carbonyl (C=O) groups is 2. The van der Waals surface area contributed by atoms with Crippen LogP contribution >= 0.6 is 0 Å². The van der Waals surface area contributed by atoms with Crippen molar-refractivity contribution in [3.63, 3.8) is 0 Å². The largest absolute Gasteiger partial charge is 0.378 e. The molecule has 198 valence electrons. The number of piperidine rings is 2. The lowest BCUT2D eigenvalue weighted by atomic mass is 9.92. The van der Waals surface area contributed by atoms with E-state index < -0.39 is 0 Å². The third kappa shape index (κ3) is 5.18. The molecule has 7 heteroatoms.